The van der Waals surface area contributed by atoms with Crippen LogP contribution in [0.4, 0.5) is 11.5 Å². The van der Waals surface area contributed by atoms with Gasteiger partial charge in [0, 0.05) is 67.5 Å². The van der Waals surface area contributed by atoms with Crippen LogP contribution in [-0.2, 0) is 0 Å². The molecule has 0 radical (unpaired) electrons. The van der Waals surface area contributed by atoms with Gasteiger partial charge in [0.2, 0.25) is 0 Å². The van der Waals surface area contributed by atoms with Gasteiger partial charge in [0.1, 0.15) is 11.5 Å². The van der Waals surface area contributed by atoms with Crippen LogP contribution in [-0.4, -0.2) is 57.0 Å². The number of carbonyl (C=O) groups excluding carboxylic acids is 1. The molecule has 1 aromatic carbocycles. The molecule has 0 aliphatic carbocycles. The first-order valence-corrected chi connectivity index (χ1v) is 11.2. The number of aromatic amines is 1. The van der Waals surface area contributed by atoms with Crippen molar-refractivity contribution in [1.29, 1.82) is 0 Å². The van der Waals surface area contributed by atoms with E-state index in [0.717, 1.165) is 65.2 Å². The van der Waals surface area contributed by atoms with Gasteiger partial charge < -0.3 is 20.5 Å². The number of pyridine rings is 2. The first-order valence-electron chi connectivity index (χ1n) is 11.2. The molecule has 9 heteroatoms. The molecule has 4 aromatic heterocycles. The molecule has 5 aromatic rings. The number of hydrogen-bond donors (Lipinski definition) is 3. The van der Waals surface area contributed by atoms with Crippen LogP contribution < -0.4 is 15.5 Å². The first kappa shape index (κ1) is 20.3. The summed E-state index contributed by atoms with van der Waals surface area (Å²) in [6, 6.07) is 11.5. The Labute approximate surface area is 195 Å². The largest absolute Gasteiger partial charge is 0.354 e. The lowest BCUT2D eigenvalue weighted by atomic mass is 10.0. The third kappa shape index (κ3) is 3.82. The summed E-state index contributed by atoms with van der Waals surface area (Å²) in [5, 5.41) is 7.22. The molecule has 3 N–H and O–H groups in total. The average molecular weight is 451 g/mol. The zero-order valence-corrected chi connectivity index (χ0v) is 18.3. The summed E-state index contributed by atoms with van der Waals surface area (Å²) in [5.41, 5.74) is 5.58. The van der Waals surface area contributed by atoms with Gasteiger partial charge in [0.25, 0.3) is 5.91 Å². The van der Waals surface area contributed by atoms with Gasteiger partial charge in [-0.15, -0.1) is 0 Å². The van der Waals surface area contributed by atoms with Crippen molar-refractivity contribution in [3.05, 3.63) is 72.9 Å². The zero-order chi connectivity index (χ0) is 22.9. The van der Waals surface area contributed by atoms with E-state index in [9.17, 15) is 4.79 Å². The summed E-state index contributed by atoms with van der Waals surface area (Å²) in [6.07, 6.45) is 8.63. The molecule has 5 heterocycles. The number of rotatable bonds is 4. The van der Waals surface area contributed by atoms with E-state index in [1.165, 1.54) is 0 Å². The predicted octanol–water partition coefficient (Wildman–Crippen LogP) is 3.23. The molecule has 1 amide bonds. The van der Waals surface area contributed by atoms with E-state index in [2.05, 4.69) is 40.5 Å². The standard InChI is InChI=1S/C25H22N8O/c34-25(17-3-4-29-23(12-17)33-9-7-26-8-10-33)32-18-13-19-20(15-31-24(19)30-14-18)16-1-2-21-22(11-16)28-6-5-27-21/h1-6,11-15,26H,7-10H2,(H,30,31)(H,32,34). The van der Waals surface area contributed by atoms with E-state index in [0.29, 0.717) is 11.3 Å². The lowest BCUT2D eigenvalue weighted by Crippen LogP contribution is -2.43. The molecular weight excluding hydrogens is 428 g/mol. The van der Waals surface area contributed by atoms with Crippen LogP contribution >= 0.6 is 0 Å². The Hall–Kier alpha value is -4.37. The second kappa shape index (κ2) is 8.53. The Kier molecular flexibility index (Phi) is 5.08. The number of nitrogens with one attached hydrogen (secondary N) is 3. The smallest absolute Gasteiger partial charge is 0.255 e. The van der Waals surface area contributed by atoms with Crippen molar-refractivity contribution in [2.75, 3.05) is 36.4 Å². The Morgan fingerprint density at radius 1 is 0.912 bits per heavy atom. The van der Waals surface area contributed by atoms with Crippen LogP contribution in [0.3, 0.4) is 0 Å². The maximum Gasteiger partial charge on any atom is 0.255 e. The summed E-state index contributed by atoms with van der Waals surface area (Å²) in [4.78, 5) is 36.1. The fraction of sp³-hybridized carbons (Fsp3) is 0.160. The monoisotopic (exact) mass is 450 g/mol. The Balaban J connectivity index is 1.28. The van der Waals surface area contributed by atoms with Crippen molar-refractivity contribution in [3.63, 3.8) is 0 Å². The van der Waals surface area contributed by atoms with Crippen molar-refractivity contribution in [2.24, 2.45) is 0 Å². The minimum Gasteiger partial charge on any atom is -0.354 e. The second-order valence-electron chi connectivity index (χ2n) is 8.18. The molecule has 9 nitrogen and oxygen atoms in total. The lowest BCUT2D eigenvalue weighted by molar-refractivity contribution is 0.102. The van der Waals surface area contributed by atoms with Gasteiger partial charge in [0.05, 0.1) is 22.9 Å². The fourth-order valence-electron chi connectivity index (χ4n) is 4.27. The van der Waals surface area contributed by atoms with E-state index < -0.39 is 0 Å². The Bertz CT molecular complexity index is 1510. The van der Waals surface area contributed by atoms with Crippen molar-refractivity contribution in [2.45, 2.75) is 0 Å². The van der Waals surface area contributed by atoms with Crippen LogP contribution in [0.15, 0.2) is 67.4 Å². The first-order chi connectivity index (χ1) is 16.7. The maximum atomic E-state index is 13.0. The number of nitrogens with zero attached hydrogens (tertiary/aromatic N) is 5. The Morgan fingerprint density at radius 2 is 1.76 bits per heavy atom. The van der Waals surface area contributed by atoms with Gasteiger partial charge in [-0.05, 0) is 35.9 Å². The highest BCUT2D eigenvalue weighted by atomic mass is 16.1. The molecule has 6 rings (SSSR count). The van der Waals surface area contributed by atoms with Gasteiger partial charge in [-0.3, -0.25) is 14.8 Å². The van der Waals surface area contributed by atoms with E-state index in [-0.39, 0.29) is 5.91 Å². The molecule has 0 saturated carbocycles. The number of fused-ring (bicyclic) bond motifs is 2. The summed E-state index contributed by atoms with van der Waals surface area (Å²) in [6.45, 7) is 3.56. The van der Waals surface area contributed by atoms with E-state index >= 15 is 0 Å². The molecule has 1 saturated heterocycles. The van der Waals surface area contributed by atoms with Gasteiger partial charge >= 0.3 is 0 Å². The SMILES string of the molecule is O=C(Nc1cnc2[nH]cc(-c3ccc4nccnc4c3)c2c1)c1ccnc(N2CCNCC2)c1. The van der Waals surface area contributed by atoms with Crippen molar-refractivity contribution in [3.8, 4) is 11.1 Å². The number of carbonyl (C=O) groups is 1. The molecule has 0 spiro atoms. The number of benzene rings is 1. The molecule has 0 bridgehead atoms. The van der Waals surface area contributed by atoms with Crippen molar-refractivity contribution < 1.29 is 4.79 Å². The summed E-state index contributed by atoms with van der Waals surface area (Å²) < 4.78 is 0. The van der Waals surface area contributed by atoms with E-state index in [4.69, 9.17) is 0 Å². The number of H-pyrrole nitrogens is 1. The van der Waals surface area contributed by atoms with Gasteiger partial charge in [-0.1, -0.05) is 6.07 Å². The highest BCUT2D eigenvalue weighted by Gasteiger charge is 2.15. The average Bonchev–Trinajstić information content (AvgIpc) is 3.32. The number of hydrogen-bond acceptors (Lipinski definition) is 7. The molecule has 1 aliphatic heterocycles. The lowest BCUT2D eigenvalue weighted by Gasteiger charge is -2.28. The molecular formula is C25H22N8O. The minimum atomic E-state index is -0.196. The van der Waals surface area contributed by atoms with E-state index in [1.54, 1.807) is 30.9 Å². The molecule has 1 aliphatic rings. The van der Waals surface area contributed by atoms with E-state index in [1.807, 2.05) is 36.5 Å². The predicted molar refractivity (Wildman–Crippen MR) is 132 cm³/mol. The molecule has 34 heavy (non-hydrogen) atoms. The zero-order valence-electron chi connectivity index (χ0n) is 18.3. The van der Waals surface area contributed by atoms with Gasteiger partial charge in [-0.2, -0.15) is 0 Å². The fourth-order valence-corrected chi connectivity index (χ4v) is 4.27. The summed E-state index contributed by atoms with van der Waals surface area (Å²) in [7, 11) is 0. The molecule has 0 atom stereocenters. The highest BCUT2D eigenvalue weighted by molar-refractivity contribution is 6.06. The quantitative estimate of drug-likeness (QED) is 0.385. The van der Waals surface area contributed by atoms with Crippen molar-refractivity contribution in [1.82, 2.24) is 30.2 Å². The Morgan fingerprint density at radius 3 is 2.65 bits per heavy atom. The topological polar surface area (TPSA) is 112 Å². The molecule has 0 unspecified atom stereocenters. The molecule has 1 fully saturated rings. The van der Waals surface area contributed by atoms with Crippen LogP contribution in [0, 0.1) is 0 Å². The van der Waals surface area contributed by atoms with Crippen LogP contribution in [0.5, 0.6) is 0 Å². The number of anilines is 2. The summed E-state index contributed by atoms with van der Waals surface area (Å²) >= 11 is 0. The third-order valence-corrected chi connectivity index (χ3v) is 6.02. The minimum absolute atomic E-state index is 0.196. The third-order valence-electron chi connectivity index (χ3n) is 6.02. The molecule has 168 valence electrons. The van der Waals surface area contributed by atoms with Crippen LogP contribution in [0.25, 0.3) is 33.2 Å². The van der Waals surface area contributed by atoms with Gasteiger partial charge in [-0.25, -0.2) is 9.97 Å². The number of piperazine rings is 1. The normalized spacial score (nSPS) is 13.9. The number of aromatic nitrogens is 5. The second-order valence-corrected chi connectivity index (χ2v) is 8.18. The van der Waals surface area contributed by atoms with Crippen molar-refractivity contribution >= 4 is 39.5 Å². The highest BCUT2D eigenvalue weighted by Crippen LogP contribution is 2.31. The summed E-state index contributed by atoms with van der Waals surface area (Å²) in [5.74, 6) is 0.619. The van der Waals surface area contributed by atoms with Gasteiger partial charge in [0.15, 0.2) is 0 Å². The number of amides is 1. The van der Waals surface area contributed by atoms with Crippen LogP contribution in [0.2, 0.25) is 0 Å². The maximum absolute atomic E-state index is 13.0. The van der Waals surface area contributed by atoms with Crippen LogP contribution in [0.1, 0.15) is 10.4 Å².